The fraction of sp³-hybridized carbons (Fsp3) is 0.214. The SMILES string of the molecule is CCOc1ccccc1Oc1nc2sccn2c1CBr. The number of para-hydroxylation sites is 2. The first-order chi connectivity index (χ1) is 9.83. The number of rotatable bonds is 5. The standard InChI is InChI=1S/C14H13BrN2O2S/c1-2-18-11-5-3-4-6-12(11)19-13-10(9-15)17-7-8-20-14(17)16-13/h3-8H,2,9H2,1H3. The summed E-state index contributed by atoms with van der Waals surface area (Å²) in [5, 5.41) is 2.68. The third-order valence-electron chi connectivity index (χ3n) is 2.81. The number of halogens is 1. The summed E-state index contributed by atoms with van der Waals surface area (Å²) < 4.78 is 13.5. The molecule has 0 saturated carbocycles. The highest BCUT2D eigenvalue weighted by atomic mass is 79.9. The van der Waals surface area contributed by atoms with Crippen molar-refractivity contribution in [3.8, 4) is 17.4 Å². The molecule has 0 amide bonds. The number of imidazole rings is 1. The number of ether oxygens (including phenoxy) is 2. The number of hydrogen-bond donors (Lipinski definition) is 0. The number of alkyl halides is 1. The van der Waals surface area contributed by atoms with Crippen LogP contribution in [0.25, 0.3) is 4.96 Å². The molecule has 0 radical (unpaired) electrons. The number of fused-ring (bicyclic) bond motifs is 1. The van der Waals surface area contributed by atoms with E-state index in [4.69, 9.17) is 9.47 Å². The van der Waals surface area contributed by atoms with Crippen LogP contribution in [0.3, 0.4) is 0 Å². The average molecular weight is 353 g/mol. The topological polar surface area (TPSA) is 35.8 Å². The maximum atomic E-state index is 5.95. The molecule has 0 atom stereocenters. The molecule has 2 heterocycles. The van der Waals surface area contributed by atoms with Crippen LogP contribution in [0.15, 0.2) is 35.8 Å². The first-order valence-electron chi connectivity index (χ1n) is 6.23. The molecule has 0 N–H and O–H groups in total. The van der Waals surface area contributed by atoms with Gasteiger partial charge in [-0.1, -0.05) is 28.1 Å². The highest BCUT2D eigenvalue weighted by Gasteiger charge is 2.15. The van der Waals surface area contributed by atoms with Crippen LogP contribution < -0.4 is 9.47 Å². The summed E-state index contributed by atoms with van der Waals surface area (Å²) in [6.07, 6.45) is 1.99. The van der Waals surface area contributed by atoms with Gasteiger partial charge in [-0.3, -0.25) is 4.40 Å². The lowest BCUT2D eigenvalue weighted by Gasteiger charge is -2.10. The molecule has 1 aromatic carbocycles. The smallest absolute Gasteiger partial charge is 0.243 e. The molecule has 0 spiro atoms. The molecule has 20 heavy (non-hydrogen) atoms. The van der Waals surface area contributed by atoms with E-state index in [9.17, 15) is 0 Å². The second kappa shape index (κ2) is 5.85. The zero-order valence-electron chi connectivity index (χ0n) is 10.9. The summed E-state index contributed by atoms with van der Waals surface area (Å²) in [5.41, 5.74) is 0.993. The molecule has 6 heteroatoms. The predicted molar refractivity (Wildman–Crippen MR) is 83.4 cm³/mol. The number of hydrogen-bond acceptors (Lipinski definition) is 4. The lowest BCUT2D eigenvalue weighted by molar-refractivity contribution is 0.319. The van der Waals surface area contributed by atoms with E-state index in [0.717, 1.165) is 16.4 Å². The van der Waals surface area contributed by atoms with Gasteiger partial charge in [0.15, 0.2) is 16.5 Å². The lowest BCUT2D eigenvalue weighted by Crippen LogP contribution is -1.96. The fourth-order valence-corrected chi connectivity index (χ4v) is 3.16. The molecule has 0 saturated heterocycles. The minimum atomic E-state index is 0.601. The molecule has 0 aliphatic heterocycles. The number of nitrogens with zero attached hydrogens (tertiary/aromatic N) is 2. The Labute approximate surface area is 129 Å². The molecule has 0 aliphatic rings. The Morgan fingerprint density at radius 3 is 2.85 bits per heavy atom. The van der Waals surface area contributed by atoms with Gasteiger partial charge < -0.3 is 9.47 Å². The highest BCUT2D eigenvalue weighted by Crippen LogP contribution is 2.34. The molecule has 0 bridgehead atoms. The summed E-state index contributed by atoms with van der Waals surface area (Å²) in [4.78, 5) is 5.43. The first-order valence-corrected chi connectivity index (χ1v) is 8.23. The van der Waals surface area contributed by atoms with Crippen LogP contribution in [0.5, 0.6) is 17.4 Å². The number of thiazole rings is 1. The van der Waals surface area contributed by atoms with Gasteiger partial charge in [-0.2, -0.15) is 4.98 Å². The van der Waals surface area contributed by atoms with Gasteiger partial charge in [-0.15, -0.1) is 11.3 Å². The molecular weight excluding hydrogens is 340 g/mol. The molecule has 3 rings (SSSR count). The molecule has 4 nitrogen and oxygen atoms in total. The quantitative estimate of drug-likeness (QED) is 0.635. The number of aromatic nitrogens is 2. The summed E-state index contributed by atoms with van der Waals surface area (Å²) in [6.45, 7) is 2.55. The van der Waals surface area contributed by atoms with Crippen LogP contribution >= 0.6 is 27.3 Å². The lowest BCUT2D eigenvalue weighted by atomic mass is 10.3. The number of benzene rings is 1. The van der Waals surface area contributed by atoms with Crippen molar-refractivity contribution in [1.82, 2.24) is 9.38 Å². The van der Waals surface area contributed by atoms with Gasteiger partial charge >= 0.3 is 0 Å². The fourth-order valence-electron chi connectivity index (χ4n) is 1.93. The van der Waals surface area contributed by atoms with Crippen molar-refractivity contribution in [2.45, 2.75) is 12.3 Å². The molecule has 0 aliphatic carbocycles. The summed E-state index contributed by atoms with van der Waals surface area (Å²) in [7, 11) is 0. The van der Waals surface area contributed by atoms with Gasteiger partial charge in [0.05, 0.1) is 12.3 Å². The average Bonchev–Trinajstić information content (AvgIpc) is 3.01. The largest absolute Gasteiger partial charge is 0.490 e. The van der Waals surface area contributed by atoms with E-state index in [1.165, 1.54) is 0 Å². The van der Waals surface area contributed by atoms with E-state index in [1.807, 2.05) is 47.2 Å². The van der Waals surface area contributed by atoms with Crippen molar-refractivity contribution < 1.29 is 9.47 Å². The Morgan fingerprint density at radius 1 is 1.30 bits per heavy atom. The van der Waals surface area contributed by atoms with Crippen LogP contribution in [-0.4, -0.2) is 16.0 Å². The summed E-state index contributed by atoms with van der Waals surface area (Å²) >= 11 is 5.07. The van der Waals surface area contributed by atoms with E-state index in [2.05, 4.69) is 20.9 Å². The second-order valence-electron chi connectivity index (χ2n) is 4.03. The maximum Gasteiger partial charge on any atom is 0.243 e. The third kappa shape index (κ3) is 2.41. The van der Waals surface area contributed by atoms with Gasteiger partial charge in [-0.05, 0) is 19.1 Å². The Balaban J connectivity index is 1.98. The maximum absolute atomic E-state index is 5.95. The molecule has 3 aromatic rings. The van der Waals surface area contributed by atoms with E-state index in [0.29, 0.717) is 23.6 Å². The monoisotopic (exact) mass is 352 g/mol. The normalized spacial score (nSPS) is 10.9. The van der Waals surface area contributed by atoms with E-state index in [1.54, 1.807) is 11.3 Å². The Bertz CT molecular complexity index is 723. The zero-order chi connectivity index (χ0) is 13.9. The van der Waals surface area contributed by atoms with Crippen molar-refractivity contribution >= 4 is 32.2 Å². The second-order valence-corrected chi connectivity index (χ2v) is 5.47. The minimum absolute atomic E-state index is 0.601. The summed E-state index contributed by atoms with van der Waals surface area (Å²) in [5.74, 6) is 2.02. The van der Waals surface area contributed by atoms with Crippen LogP contribution in [0.1, 0.15) is 12.6 Å². The van der Waals surface area contributed by atoms with Gasteiger partial charge in [0.2, 0.25) is 5.88 Å². The van der Waals surface area contributed by atoms with Crippen molar-refractivity contribution in [3.05, 3.63) is 41.5 Å². The summed E-state index contributed by atoms with van der Waals surface area (Å²) in [6, 6.07) is 7.63. The Morgan fingerprint density at radius 2 is 2.10 bits per heavy atom. The first kappa shape index (κ1) is 13.5. The van der Waals surface area contributed by atoms with Gasteiger partial charge in [-0.25, -0.2) is 0 Å². The van der Waals surface area contributed by atoms with Gasteiger partial charge in [0.1, 0.15) is 0 Å². The predicted octanol–water partition coefficient (Wildman–Crippen LogP) is 4.48. The Hall–Kier alpha value is -1.53. The van der Waals surface area contributed by atoms with Gasteiger partial charge in [0.25, 0.3) is 0 Å². The Kier molecular flexibility index (Phi) is 3.93. The van der Waals surface area contributed by atoms with Crippen molar-refractivity contribution in [2.24, 2.45) is 0 Å². The van der Waals surface area contributed by atoms with E-state index in [-0.39, 0.29) is 0 Å². The highest BCUT2D eigenvalue weighted by molar-refractivity contribution is 9.08. The van der Waals surface area contributed by atoms with E-state index < -0.39 is 0 Å². The van der Waals surface area contributed by atoms with E-state index >= 15 is 0 Å². The zero-order valence-corrected chi connectivity index (χ0v) is 13.3. The van der Waals surface area contributed by atoms with Crippen LogP contribution in [-0.2, 0) is 5.33 Å². The molecular formula is C14H13BrN2O2S. The van der Waals surface area contributed by atoms with Crippen molar-refractivity contribution in [1.29, 1.82) is 0 Å². The molecule has 2 aromatic heterocycles. The van der Waals surface area contributed by atoms with Crippen LogP contribution in [0.4, 0.5) is 0 Å². The van der Waals surface area contributed by atoms with Gasteiger partial charge in [0, 0.05) is 16.9 Å². The van der Waals surface area contributed by atoms with Crippen molar-refractivity contribution in [3.63, 3.8) is 0 Å². The third-order valence-corrected chi connectivity index (χ3v) is 4.09. The molecule has 0 fully saturated rings. The van der Waals surface area contributed by atoms with Crippen LogP contribution in [0.2, 0.25) is 0 Å². The minimum Gasteiger partial charge on any atom is -0.490 e. The molecule has 104 valence electrons. The molecule has 0 unspecified atom stereocenters. The van der Waals surface area contributed by atoms with Crippen molar-refractivity contribution in [2.75, 3.05) is 6.61 Å². The van der Waals surface area contributed by atoms with Crippen LogP contribution in [0, 0.1) is 0 Å².